The molecule has 12 nitrogen and oxygen atoms in total. The highest BCUT2D eigenvalue weighted by Crippen LogP contribution is 2.37. The van der Waals surface area contributed by atoms with Crippen LogP contribution in [-0.2, 0) is 35.3 Å². The van der Waals surface area contributed by atoms with E-state index in [1.165, 1.54) is 63.1 Å². The molecule has 5 atom stereocenters. The molecule has 3 unspecified atom stereocenters. The number of hydrogen-bond acceptors (Lipinski definition) is 8. The number of Topliss-reactive ketones (excluding diaryl/α,β-unsaturated/α-hetero) is 1. The van der Waals surface area contributed by atoms with Gasteiger partial charge in [-0.2, -0.15) is 0 Å². The third-order valence-corrected chi connectivity index (χ3v) is 12.3. The summed E-state index contributed by atoms with van der Waals surface area (Å²) < 4.78 is 0. The smallest absolute Gasteiger partial charge is 0.289 e. The average molecular weight is 859 g/mol. The molecule has 0 bridgehead atoms. The number of amides is 5. The maximum atomic E-state index is 13.6. The summed E-state index contributed by atoms with van der Waals surface area (Å²) in [4.78, 5) is 75.6. The number of likely N-dealkylation sites (tertiary alicyclic amines) is 1. The number of ketones is 1. The fraction of sp³-hybridized carbons (Fsp3) is 0.745. The van der Waals surface area contributed by atoms with Gasteiger partial charge in [-0.05, 0) is 49.6 Å². The normalized spacial score (nSPS) is 19.7. The average Bonchev–Trinajstić information content (AvgIpc) is 3.64. The second-order valence-electron chi connectivity index (χ2n) is 17.1. The van der Waals surface area contributed by atoms with Crippen LogP contribution in [0.15, 0.2) is 30.3 Å². The van der Waals surface area contributed by atoms with Crippen molar-refractivity contribution in [2.75, 3.05) is 31.6 Å². The minimum Gasteiger partial charge on any atom is -0.345 e. The van der Waals surface area contributed by atoms with E-state index in [0.29, 0.717) is 42.9 Å². The van der Waals surface area contributed by atoms with Gasteiger partial charge in [0.2, 0.25) is 29.4 Å². The second kappa shape index (κ2) is 30.6. The van der Waals surface area contributed by atoms with Crippen LogP contribution in [0.2, 0.25) is 0 Å². The van der Waals surface area contributed by atoms with Crippen molar-refractivity contribution in [1.29, 1.82) is 0 Å². The molecule has 2 heterocycles. The van der Waals surface area contributed by atoms with E-state index in [9.17, 15) is 28.8 Å². The van der Waals surface area contributed by atoms with Gasteiger partial charge in [0.05, 0.1) is 18.3 Å². The molecule has 3 fully saturated rings. The van der Waals surface area contributed by atoms with Gasteiger partial charge in [-0.1, -0.05) is 156 Å². The van der Waals surface area contributed by atoms with Gasteiger partial charge in [0, 0.05) is 24.9 Å². The standard InChI is InChI=1S/C25H44N4O4S.C14H20N2O2.C6H12.C2H6/c1-7-9-17(10-8-2)18-11-12-29(16(18)3)24(33)22(25(4,5)6)28-20(30)13-26-23(32)19-14-34-15-21(31)27-19;1-3-7-12(15-2)13(17)14(18)16-10-11-8-5-4-6-9-11;1-2-4-6-5-3-1;1-2/h16-19,22H,7-15H2,1-6H3,(H,26,32)(H,27,31)(H,28,30);4-6,8-9,12,15H,3,7,10H2,1-2H3,(H,16,18);1-6H2;1-2H3/t16-,18+,19?,22?;;;/m1.../s1. The van der Waals surface area contributed by atoms with Gasteiger partial charge in [-0.15, -0.1) is 11.8 Å². The van der Waals surface area contributed by atoms with E-state index >= 15 is 0 Å². The minimum absolute atomic E-state index is 0.0510. The molecule has 2 aliphatic heterocycles. The Labute approximate surface area is 367 Å². The highest BCUT2D eigenvalue weighted by Gasteiger charge is 2.43. The van der Waals surface area contributed by atoms with Crippen LogP contribution >= 0.6 is 11.8 Å². The number of carbonyl (C=O) groups excluding carboxylic acids is 6. The topological polar surface area (TPSA) is 166 Å². The quantitative estimate of drug-likeness (QED) is 0.105. The summed E-state index contributed by atoms with van der Waals surface area (Å²) in [6.45, 7) is 19.3. The molecule has 13 heteroatoms. The Kier molecular flexibility index (Phi) is 27.8. The highest BCUT2D eigenvalue weighted by molar-refractivity contribution is 8.00. The third-order valence-electron chi connectivity index (χ3n) is 11.3. The number of hydrogen-bond donors (Lipinski definition) is 5. The lowest BCUT2D eigenvalue weighted by molar-refractivity contribution is -0.140. The molecule has 2 saturated heterocycles. The molecular weight excluding hydrogens is 777 g/mol. The maximum absolute atomic E-state index is 13.6. The zero-order valence-electron chi connectivity index (χ0n) is 38.9. The number of carbonyl (C=O) groups is 6. The van der Waals surface area contributed by atoms with Crippen LogP contribution < -0.4 is 26.6 Å². The van der Waals surface area contributed by atoms with Crippen LogP contribution in [-0.4, -0.2) is 96.0 Å². The second-order valence-corrected chi connectivity index (χ2v) is 18.1. The Morgan fingerprint density at radius 3 is 1.93 bits per heavy atom. The van der Waals surface area contributed by atoms with Crippen molar-refractivity contribution in [1.82, 2.24) is 31.5 Å². The summed E-state index contributed by atoms with van der Waals surface area (Å²) in [5, 5.41) is 13.6. The number of thioether (sulfide) groups is 1. The van der Waals surface area contributed by atoms with Gasteiger partial charge in [-0.25, -0.2) is 0 Å². The van der Waals surface area contributed by atoms with Crippen molar-refractivity contribution in [3.63, 3.8) is 0 Å². The first-order chi connectivity index (χ1) is 28.7. The monoisotopic (exact) mass is 859 g/mol. The predicted octanol–water partition coefficient (Wildman–Crippen LogP) is 6.95. The first kappa shape index (κ1) is 54.6. The van der Waals surface area contributed by atoms with Crippen molar-refractivity contribution in [2.24, 2.45) is 17.3 Å². The minimum atomic E-state index is -0.682. The first-order valence-corrected chi connectivity index (χ1v) is 24.1. The van der Waals surface area contributed by atoms with Crippen LogP contribution in [0.3, 0.4) is 0 Å². The Morgan fingerprint density at radius 1 is 0.867 bits per heavy atom. The molecule has 5 N–H and O–H groups in total. The van der Waals surface area contributed by atoms with Crippen LogP contribution in [0.25, 0.3) is 0 Å². The molecule has 0 spiro atoms. The molecule has 60 heavy (non-hydrogen) atoms. The number of rotatable bonds is 17. The highest BCUT2D eigenvalue weighted by atomic mass is 32.2. The van der Waals surface area contributed by atoms with E-state index in [1.807, 2.05) is 76.8 Å². The van der Waals surface area contributed by atoms with Gasteiger partial charge in [0.15, 0.2) is 0 Å². The largest absolute Gasteiger partial charge is 0.345 e. The van der Waals surface area contributed by atoms with Gasteiger partial charge in [0.25, 0.3) is 5.91 Å². The summed E-state index contributed by atoms with van der Waals surface area (Å²) in [5.74, 6) is -0.00954. The van der Waals surface area contributed by atoms with E-state index in [-0.39, 0.29) is 36.3 Å². The van der Waals surface area contributed by atoms with Gasteiger partial charge in [-0.3, -0.25) is 28.8 Å². The van der Waals surface area contributed by atoms with Crippen LogP contribution in [0.4, 0.5) is 0 Å². The molecule has 4 rings (SSSR count). The van der Waals surface area contributed by atoms with Gasteiger partial charge >= 0.3 is 0 Å². The summed E-state index contributed by atoms with van der Waals surface area (Å²) in [6, 6.07) is 7.97. The molecule has 342 valence electrons. The zero-order valence-corrected chi connectivity index (χ0v) is 39.7. The SMILES string of the molecule is C1CCCCC1.CC.CCCC(CCC)[C@H]1CCN(C(=O)C(NC(=O)CNC(=O)C2CSCC(=O)N2)C(C)(C)C)[C@@H]1C.CCCC(NC)C(=O)C(=O)NCc1ccccc1. The molecule has 1 saturated carbocycles. The molecular formula is C47H82N6O6S. The number of benzene rings is 1. The molecule has 1 aromatic carbocycles. The molecule has 1 aliphatic carbocycles. The fourth-order valence-corrected chi connectivity index (χ4v) is 8.86. The third kappa shape index (κ3) is 19.9. The Balaban J connectivity index is 0.000000571. The van der Waals surface area contributed by atoms with Crippen molar-refractivity contribution in [2.45, 2.75) is 176 Å². The molecule has 3 aliphatic rings. The summed E-state index contributed by atoms with van der Waals surface area (Å²) in [6.07, 6.45) is 16.2. The number of likely N-dealkylation sites (N-methyl/N-ethyl adjacent to an activating group) is 1. The lowest BCUT2D eigenvalue weighted by Gasteiger charge is -2.36. The van der Waals surface area contributed by atoms with Gasteiger partial charge < -0.3 is 31.5 Å². The molecule has 5 amide bonds. The van der Waals surface area contributed by atoms with Crippen LogP contribution in [0, 0.1) is 17.3 Å². The summed E-state index contributed by atoms with van der Waals surface area (Å²) >= 11 is 1.39. The van der Waals surface area contributed by atoms with Crippen molar-refractivity contribution in [3.05, 3.63) is 35.9 Å². The summed E-state index contributed by atoms with van der Waals surface area (Å²) in [7, 11) is 1.70. The van der Waals surface area contributed by atoms with Crippen molar-refractivity contribution < 1.29 is 28.8 Å². The lowest BCUT2D eigenvalue weighted by Crippen LogP contribution is -2.58. The molecule has 0 radical (unpaired) electrons. The Bertz CT molecular complexity index is 1400. The Morgan fingerprint density at radius 2 is 1.43 bits per heavy atom. The first-order valence-electron chi connectivity index (χ1n) is 23.0. The maximum Gasteiger partial charge on any atom is 0.289 e. The van der Waals surface area contributed by atoms with E-state index in [1.54, 1.807) is 7.05 Å². The molecule has 1 aromatic rings. The number of nitrogens with zero attached hydrogens (tertiary/aromatic N) is 1. The van der Waals surface area contributed by atoms with E-state index < -0.39 is 35.1 Å². The zero-order chi connectivity index (χ0) is 45.1. The van der Waals surface area contributed by atoms with Crippen molar-refractivity contribution >= 4 is 47.1 Å². The lowest BCUT2D eigenvalue weighted by atomic mass is 9.80. The molecule has 0 aromatic heterocycles. The van der Waals surface area contributed by atoms with Crippen molar-refractivity contribution in [3.8, 4) is 0 Å². The van der Waals surface area contributed by atoms with E-state index in [4.69, 9.17) is 0 Å². The van der Waals surface area contributed by atoms with E-state index in [2.05, 4.69) is 47.4 Å². The predicted molar refractivity (Wildman–Crippen MR) is 246 cm³/mol. The van der Waals surface area contributed by atoms with Crippen LogP contribution in [0.1, 0.15) is 151 Å². The fourth-order valence-electron chi connectivity index (χ4n) is 8.00. The summed E-state index contributed by atoms with van der Waals surface area (Å²) in [5.41, 5.74) is 0.504. The van der Waals surface area contributed by atoms with E-state index in [0.717, 1.165) is 31.2 Å². The number of nitrogens with one attached hydrogen (secondary N) is 5. The van der Waals surface area contributed by atoms with Gasteiger partial charge in [0.1, 0.15) is 12.1 Å². The Hall–Kier alpha value is -3.45. The van der Waals surface area contributed by atoms with Crippen LogP contribution in [0.5, 0.6) is 0 Å².